The van der Waals surface area contributed by atoms with Crippen LogP contribution in [0.15, 0.2) is 29.2 Å². The van der Waals surface area contributed by atoms with Crippen LogP contribution < -0.4 is 5.32 Å². The number of sulfonamides is 1. The number of rotatable bonds is 6. The molecule has 0 saturated carbocycles. The van der Waals surface area contributed by atoms with Gasteiger partial charge in [-0.1, -0.05) is 12.5 Å². The second kappa shape index (κ2) is 10.3. The molecule has 1 saturated heterocycles. The molecule has 4 rings (SSSR count). The number of carbonyl (C=O) groups is 2. The molecular formula is C23H28N2O6S2. The highest BCUT2D eigenvalue weighted by molar-refractivity contribution is 7.89. The number of nitrogens with zero attached hydrogens (tertiary/aromatic N) is 1. The maximum absolute atomic E-state index is 13.0. The molecular weight excluding hydrogens is 464 g/mol. The van der Waals surface area contributed by atoms with Gasteiger partial charge in [0.15, 0.2) is 6.61 Å². The third kappa shape index (κ3) is 5.63. The number of nitrogens with one attached hydrogen (secondary N) is 1. The minimum absolute atomic E-state index is 0.138. The molecule has 178 valence electrons. The highest BCUT2D eigenvalue weighted by atomic mass is 32.2. The predicted molar refractivity (Wildman–Crippen MR) is 125 cm³/mol. The van der Waals surface area contributed by atoms with Crippen LogP contribution in [0.3, 0.4) is 0 Å². The van der Waals surface area contributed by atoms with Gasteiger partial charge in [0.05, 0.1) is 18.1 Å². The van der Waals surface area contributed by atoms with E-state index >= 15 is 0 Å². The van der Waals surface area contributed by atoms with E-state index in [2.05, 4.69) is 5.32 Å². The van der Waals surface area contributed by atoms with Gasteiger partial charge >= 0.3 is 5.97 Å². The van der Waals surface area contributed by atoms with E-state index in [4.69, 9.17) is 9.47 Å². The van der Waals surface area contributed by atoms with Crippen LogP contribution in [0.5, 0.6) is 0 Å². The number of hydrogen-bond acceptors (Lipinski definition) is 7. The molecule has 0 atom stereocenters. The Balaban J connectivity index is 1.37. The summed E-state index contributed by atoms with van der Waals surface area (Å²) in [5, 5.41) is 2.63. The van der Waals surface area contributed by atoms with Crippen LogP contribution in [0.2, 0.25) is 0 Å². The number of aryl methyl sites for hydroxylation is 3. The summed E-state index contributed by atoms with van der Waals surface area (Å²) in [4.78, 5) is 26.7. The fraction of sp³-hybridized carbons (Fsp3) is 0.478. The Labute approximate surface area is 197 Å². The van der Waals surface area contributed by atoms with Crippen molar-refractivity contribution in [1.82, 2.24) is 4.31 Å². The Bertz CT molecular complexity index is 1110. The molecule has 2 aromatic rings. The lowest BCUT2D eigenvalue weighted by molar-refractivity contribution is -0.119. The topological polar surface area (TPSA) is 102 Å². The molecule has 0 spiro atoms. The summed E-state index contributed by atoms with van der Waals surface area (Å²) in [6.07, 6.45) is 5.42. The fourth-order valence-electron chi connectivity index (χ4n) is 4.05. The van der Waals surface area contributed by atoms with Crippen LogP contribution >= 0.6 is 11.3 Å². The van der Waals surface area contributed by atoms with Crippen LogP contribution in [-0.4, -0.2) is 57.5 Å². The van der Waals surface area contributed by atoms with E-state index in [0.717, 1.165) is 25.7 Å². The molecule has 1 aromatic carbocycles. The van der Waals surface area contributed by atoms with Gasteiger partial charge in [-0.15, -0.1) is 11.3 Å². The third-order valence-corrected chi connectivity index (χ3v) is 9.10. The Morgan fingerprint density at radius 2 is 1.88 bits per heavy atom. The number of morpholine rings is 1. The van der Waals surface area contributed by atoms with Gasteiger partial charge in [0.1, 0.15) is 4.88 Å². The molecule has 33 heavy (non-hydrogen) atoms. The fourth-order valence-corrected chi connectivity index (χ4v) is 6.86. The number of hydrogen-bond donors (Lipinski definition) is 1. The maximum atomic E-state index is 13.0. The van der Waals surface area contributed by atoms with Crippen LogP contribution in [0, 0.1) is 6.92 Å². The SMILES string of the molecule is Cc1ccc(NC(=O)COC(=O)c2cc3c(s2)CCCCC3)cc1S(=O)(=O)N1CCOCC1. The first-order valence-corrected chi connectivity index (χ1v) is 13.4. The van der Waals surface area contributed by atoms with Crippen molar-refractivity contribution in [3.8, 4) is 0 Å². The van der Waals surface area contributed by atoms with Crippen LogP contribution in [0.25, 0.3) is 0 Å². The molecule has 2 heterocycles. The predicted octanol–water partition coefficient (Wildman–Crippen LogP) is 3.14. The molecule has 0 bridgehead atoms. The number of benzene rings is 1. The van der Waals surface area contributed by atoms with E-state index in [1.165, 1.54) is 38.6 Å². The molecule has 1 aliphatic heterocycles. The van der Waals surface area contributed by atoms with Crippen molar-refractivity contribution >= 4 is 38.9 Å². The lowest BCUT2D eigenvalue weighted by atomic mass is 10.1. The zero-order valence-electron chi connectivity index (χ0n) is 18.6. The van der Waals surface area contributed by atoms with Gasteiger partial charge < -0.3 is 14.8 Å². The highest BCUT2D eigenvalue weighted by Crippen LogP contribution is 2.29. The zero-order valence-corrected chi connectivity index (χ0v) is 20.2. The summed E-state index contributed by atoms with van der Waals surface area (Å²) in [5.74, 6) is -1.04. The van der Waals surface area contributed by atoms with Crippen molar-refractivity contribution in [2.45, 2.75) is 43.9 Å². The molecule has 10 heteroatoms. The average Bonchev–Trinajstić information content (AvgIpc) is 3.09. The van der Waals surface area contributed by atoms with Crippen molar-refractivity contribution in [1.29, 1.82) is 0 Å². The summed E-state index contributed by atoms with van der Waals surface area (Å²) in [6, 6.07) is 6.60. The largest absolute Gasteiger partial charge is 0.451 e. The van der Waals surface area contributed by atoms with Crippen molar-refractivity contribution in [2.24, 2.45) is 0 Å². The number of carbonyl (C=O) groups excluding carboxylic acids is 2. The Hall–Kier alpha value is -2.27. The van der Waals surface area contributed by atoms with Gasteiger partial charge in [0, 0.05) is 23.7 Å². The monoisotopic (exact) mass is 492 g/mol. The second-order valence-electron chi connectivity index (χ2n) is 8.24. The molecule has 1 aromatic heterocycles. The van der Waals surface area contributed by atoms with Crippen molar-refractivity contribution in [3.05, 3.63) is 45.1 Å². The van der Waals surface area contributed by atoms with E-state index in [1.54, 1.807) is 19.1 Å². The van der Waals surface area contributed by atoms with Gasteiger partial charge in [-0.2, -0.15) is 4.31 Å². The lowest BCUT2D eigenvalue weighted by Gasteiger charge is -2.26. The Kier molecular flexibility index (Phi) is 7.48. The van der Waals surface area contributed by atoms with E-state index in [0.29, 0.717) is 42.4 Å². The van der Waals surface area contributed by atoms with E-state index in [-0.39, 0.29) is 4.90 Å². The molecule has 1 fully saturated rings. The van der Waals surface area contributed by atoms with Gasteiger partial charge in [0.2, 0.25) is 10.0 Å². The zero-order chi connectivity index (χ0) is 23.4. The molecule has 0 radical (unpaired) electrons. The highest BCUT2D eigenvalue weighted by Gasteiger charge is 2.28. The van der Waals surface area contributed by atoms with Crippen molar-refractivity contribution < 1.29 is 27.5 Å². The number of ether oxygens (including phenoxy) is 2. The summed E-state index contributed by atoms with van der Waals surface area (Å²) in [7, 11) is -3.70. The van der Waals surface area contributed by atoms with E-state index in [9.17, 15) is 18.0 Å². The summed E-state index contributed by atoms with van der Waals surface area (Å²) >= 11 is 1.45. The molecule has 1 aliphatic carbocycles. The Morgan fingerprint density at radius 3 is 2.67 bits per heavy atom. The normalized spacial score (nSPS) is 17.1. The summed E-state index contributed by atoms with van der Waals surface area (Å²) in [5.41, 5.74) is 2.13. The molecule has 0 unspecified atom stereocenters. The third-order valence-electron chi connectivity index (χ3n) is 5.84. The van der Waals surface area contributed by atoms with Crippen LogP contribution in [0.4, 0.5) is 5.69 Å². The first-order chi connectivity index (χ1) is 15.8. The standard InChI is InChI=1S/C23H28N2O6S2/c1-16-7-8-18(14-21(16)33(28,29)25-9-11-30-12-10-25)24-22(26)15-31-23(27)20-13-17-5-3-2-4-6-19(17)32-20/h7-8,13-14H,2-6,9-12,15H2,1H3,(H,24,26). The lowest BCUT2D eigenvalue weighted by Crippen LogP contribution is -2.40. The summed E-state index contributed by atoms with van der Waals surface area (Å²) < 4.78 is 37.9. The minimum Gasteiger partial charge on any atom is -0.451 e. The number of fused-ring (bicyclic) bond motifs is 1. The first kappa shape index (κ1) is 23.9. The molecule has 8 nitrogen and oxygen atoms in total. The molecule has 1 N–H and O–H groups in total. The summed E-state index contributed by atoms with van der Waals surface area (Å²) in [6.45, 7) is 2.56. The van der Waals surface area contributed by atoms with Gasteiger partial charge in [-0.05, 0) is 61.9 Å². The smallest absolute Gasteiger partial charge is 0.348 e. The van der Waals surface area contributed by atoms with Gasteiger partial charge in [-0.25, -0.2) is 13.2 Å². The molecule has 2 aliphatic rings. The number of anilines is 1. The molecule has 1 amide bonds. The van der Waals surface area contributed by atoms with Crippen LogP contribution in [-0.2, 0) is 37.1 Å². The second-order valence-corrected chi connectivity index (χ2v) is 11.3. The van der Waals surface area contributed by atoms with E-state index in [1.807, 2.05) is 6.07 Å². The number of thiophene rings is 1. The van der Waals surface area contributed by atoms with Crippen molar-refractivity contribution in [3.63, 3.8) is 0 Å². The van der Waals surface area contributed by atoms with Gasteiger partial charge in [-0.3, -0.25) is 4.79 Å². The van der Waals surface area contributed by atoms with Crippen molar-refractivity contribution in [2.75, 3.05) is 38.2 Å². The average molecular weight is 493 g/mol. The first-order valence-electron chi connectivity index (χ1n) is 11.1. The van der Waals surface area contributed by atoms with Gasteiger partial charge in [0.25, 0.3) is 5.91 Å². The number of amides is 1. The Morgan fingerprint density at radius 1 is 1.12 bits per heavy atom. The number of esters is 1. The van der Waals surface area contributed by atoms with E-state index < -0.39 is 28.5 Å². The van der Waals surface area contributed by atoms with Crippen LogP contribution in [0.1, 0.15) is 44.9 Å². The minimum atomic E-state index is -3.70. The maximum Gasteiger partial charge on any atom is 0.348 e. The quantitative estimate of drug-likeness (QED) is 0.491.